The number of nitrogens with one attached hydrogen (secondary N) is 2. The number of alkyl halides is 6. The molecule has 22 nitrogen and oxygen atoms in total. The van der Waals surface area contributed by atoms with Gasteiger partial charge in [0, 0.05) is 106 Å². The van der Waals surface area contributed by atoms with Crippen LogP contribution < -0.4 is 44.8 Å². The fourth-order valence-electron chi connectivity index (χ4n) is 7.11. The van der Waals surface area contributed by atoms with Crippen molar-refractivity contribution in [3.05, 3.63) is 119 Å². The molecule has 0 bridgehead atoms. The van der Waals surface area contributed by atoms with Gasteiger partial charge in [-0.05, 0) is 38.1 Å². The number of amidine groups is 1. The lowest BCUT2D eigenvalue weighted by Gasteiger charge is -2.15. The quantitative estimate of drug-likeness (QED) is 0.0246. The van der Waals surface area contributed by atoms with Crippen molar-refractivity contribution in [2.75, 3.05) is 53.3 Å². The standard InChI is InChI=1S/C24H23F3N8O4.C24H20F3N7O3/c1-12-5-19(24(25,26)27)33-35(12)21-18(13-6-17(20(28)34-36)22(39-4)29-10-13)11-30-23(32-21)31-14-7-15(37-2)9-16(8-14)38-3;1-13-5-20(24(25,26)27)33-34(13)21-19(15-6-14(10-28)22(37-4)29-11-15)12-30-23(32-21)31-16-7-17(35-2)9-18(8-16)36-3/h5-11,36H,1-4H3,(H2,28,34)(H,30,31,32);5-9,11-12H,1-4H3,(H,30,31,32). The maximum absolute atomic E-state index is 13.5. The summed E-state index contributed by atoms with van der Waals surface area (Å²) in [6, 6.07) is 16.8. The summed E-state index contributed by atoms with van der Waals surface area (Å²) in [5.41, 5.74) is 6.50. The SMILES string of the molecule is COc1cc(Nc2ncc(-c3cnc(OC)c(/C(N)=N\O)c3)c(-n3nc(C(F)(F)F)cc3C)n2)cc(OC)c1.COc1cc(Nc2ncc(-c3cnc(OC)c(C#N)c3)c(-n3nc(C(F)(F)F)cc3C)n2)cc(OC)c1. The van der Waals surface area contributed by atoms with Gasteiger partial charge in [-0.25, -0.2) is 29.3 Å². The second-order valence-electron chi connectivity index (χ2n) is 15.6. The van der Waals surface area contributed by atoms with Crippen LogP contribution in [0.25, 0.3) is 33.9 Å². The number of aromatic nitrogens is 10. The van der Waals surface area contributed by atoms with E-state index in [0.717, 1.165) is 21.5 Å². The predicted octanol–water partition coefficient (Wildman–Crippen LogP) is 8.61. The van der Waals surface area contributed by atoms with Crippen molar-refractivity contribution in [3.63, 3.8) is 0 Å². The van der Waals surface area contributed by atoms with Gasteiger partial charge in [0.05, 0.1) is 48.2 Å². The van der Waals surface area contributed by atoms with Crippen molar-refractivity contribution in [2.24, 2.45) is 10.9 Å². The molecule has 8 aromatic rings. The molecular formula is C48H43F6N15O7. The molecule has 0 aliphatic heterocycles. The summed E-state index contributed by atoms with van der Waals surface area (Å²) >= 11 is 0. The Morgan fingerprint density at radius 1 is 0.579 bits per heavy atom. The molecule has 0 aliphatic carbocycles. The van der Waals surface area contributed by atoms with Crippen molar-refractivity contribution >= 4 is 29.1 Å². The lowest BCUT2D eigenvalue weighted by atomic mass is 10.1. The molecule has 0 spiro atoms. The summed E-state index contributed by atoms with van der Waals surface area (Å²) < 4.78 is 114. The topological polar surface area (TPSA) is 275 Å². The fraction of sp³-hybridized carbons (Fsp3) is 0.208. The van der Waals surface area contributed by atoms with Gasteiger partial charge in [-0.15, -0.1) is 0 Å². The van der Waals surface area contributed by atoms with Crippen LogP contribution in [0.1, 0.15) is 33.9 Å². The van der Waals surface area contributed by atoms with E-state index in [2.05, 4.69) is 55.9 Å². The van der Waals surface area contributed by atoms with Gasteiger partial charge >= 0.3 is 12.4 Å². The predicted molar refractivity (Wildman–Crippen MR) is 260 cm³/mol. The molecule has 76 heavy (non-hydrogen) atoms. The summed E-state index contributed by atoms with van der Waals surface area (Å²) in [4.78, 5) is 25.9. The van der Waals surface area contributed by atoms with Crippen LogP contribution >= 0.6 is 0 Å². The summed E-state index contributed by atoms with van der Waals surface area (Å²) in [6.07, 6.45) is -3.75. The molecule has 0 fully saturated rings. The van der Waals surface area contributed by atoms with Crippen LogP contribution in [-0.4, -0.2) is 103 Å². The van der Waals surface area contributed by atoms with Gasteiger partial charge in [0.25, 0.3) is 0 Å². The van der Waals surface area contributed by atoms with Crippen LogP contribution in [0.3, 0.4) is 0 Å². The van der Waals surface area contributed by atoms with E-state index >= 15 is 0 Å². The first-order valence-electron chi connectivity index (χ1n) is 21.7. The number of nitrogens with zero attached hydrogens (tertiary/aromatic N) is 12. The lowest BCUT2D eigenvalue weighted by molar-refractivity contribution is -0.142. The molecule has 2 aromatic carbocycles. The number of ether oxygens (including phenoxy) is 6. The number of oxime groups is 1. The van der Waals surface area contributed by atoms with Crippen molar-refractivity contribution in [2.45, 2.75) is 26.2 Å². The monoisotopic (exact) mass is 1060 g/mol. The van der Waals surface area contributed by atoms with Gasteiger partial charge in [0.15, 0.2) is 28.9 Å². The summed E-state index contributed by atoms with van der Waals surface area (Å²) in [5.74, 6) is 2.04. The van der Waals surface area contributed by atoms with Crippen molar-refractivity contribution in [1.29, 1.82) is 5.26 Å². The molecule has 8 rings (SSSR count). The average molecular weight is 1060 g/mol. The Morgan fingerprint density at radius 3 is 1.34 bits per heavy atom. The van der Waals surface area contributed by atoms with E-state index in [1.807, 2.05) is 6.07 Å². The van der Waals surface area contributed by atoms with E-state index in [4.69, 9.17) is 34.2 Å². The first-order chi connectivity index (χ1) is 36.2. The van der Waals surface area contributed by atoms with Crippen LogP contribution in [0, 0.1) is 25.2 Å². The largest absolute Gasteiger partial charge is 0.497 e. The number of hydrogen-bond donors (Lipinski definition) is 4. The molecule has 28 heteroatoms. The van der Waals surface area contributed by atoms with Gasteiger partial charge in [-0.1, -0.05) is 5.16 Å². The van der Waals surface area contributed by atoms with Crippen molar-refractivity contribution in [3.8, 4) is 74.7 Å². The maximum atomic E-state index is 13.5. The Morgan fingerprint density at radius 2 is 0.987 bits per heavy atom. The number of aryl methyl sites for hydroxylation is 2. The number of nitrogens with two attached hydrogens (primary N) is 1. The van der Waals surface area contributed by atoms with E-state index in [1.54, 1.807) is 36.4 Å². The molecule has 0 aliphatic rings. The van der Waals surface area contributed by atoms with E-state index in [0.29, 0.717) is 51.1 Å². The molecular weight excluding hydrogens is 1010 g/mol. The highest BCUT2D eigenvalue weighted by Gasteiger charge is 2.36. The first-order valence-corrected chi connectivity index (χ1v) is 21.7. The minimum absolute atomic E-state index is 0.00721. The number of nitriles is 1. The summed E-state index contributed by atoms with van der Waals surface area (Å²) in [5, 5.41) is 35.1. The number of methoxy groups -OCH3 is 6. The molecule has 0 saturated carbocycles. The van der Waals surface area contributed by atoms with Crippen LogP contribution in [-0.2, 0) is 12.4 Å². The minimum atomic E-state index is -4.68. The molecule has 0 radical (unpaired) electrons. The molecule has 0 amide bonds. The maximum Gasteiger partial charge on any atom is 0.435 e. The normalized spacial score (nSPS) is 11.5. The number of anilines is 4. The molecule has 5 N–H and O–H groups in total. The van der Waals surface area contributed by atoms with Crippen LogP contribution in [0.4, 0.5) is 49.6 Å². The van der Waals surface area contributed by atoms with E-state index in [9.17, 15) is 36.8 Å². The third-order valence-corrected chi connectivity index (χ3v) is 10.7. The molecule has 0 saturated heterocycles. The molecule has 394 valence electrons. The Kier molecular flexibility index (Phi) is 15.9. The highest BCUT2D eigenvalue weighted by atomic mass is 19.4. The van der Waals surface area contributed by atoms with Gasteiger partial charge < -0.3 is 50.0 Å². The smallest absolute Gasteiger partial charge is 0.435 e. The Balaban J connectivity index is 0.000000221. The zero-order valence-electron chi connectivity index (χ0n) is 41.2. The highest BCUT2D eigenvalue weighted by molar-refractivity contribution is 6.00. The van der Waals surface area contributed by atoms with Crippen molar-refractivity contribution < 1.29 is 60.0 Å². The zero-order chi connectivity index (χ0) is 55.1. The highest BCUT2D eigenvalue weighted by Crippen LogP contribution is 2.36. The van der Waals surface area contributed by atoms with E-state index in [1.165, 1.54) is 93.4 Å². The second-order valence-corrected chi connectivity index (χ2v) is 15.6. The van der Waals surface area contributed by atoms with Crippen LogP contribution in [0.15, 0.2) is 90.6 Å². The van der Waals surface area contributed by atoms with Gasteiger partial charge in [0.1, 0.15) is 34.6 Å². The zero-order valence-corrected chi connectivity index (χ0v) is 41.2. The number of rotatable bonds is 15. The molecule has 0 unspecified atom stereocenters. The van der Waals surface area contributed by atoms with Gasteiger partial charge in [-0.2, -0.15) is 51.8 Å². The third kappa shape index (κ3) is 11.9. The Bertz CT molecular complexity index is 3440. The van der Waals surface area contributed by atoms with Crippen LogP contribution in [0.5, 0.6) is 34.8 Å². The third-order valence-electron chi connectivity index (χ3n) is 10.7. The van der Waals surface area contributed by atoms with Crippen LogP contribution in [0.2, 0.25) is 0 Å². The number of pyridine rings is 2. The second kappa shape index (κ2) is 22.4. The Labute approximate surface area is 427 Å². The number of halogens is 6. The van der Waals surface area contributed by atoms with Gasteiger partial charge in [-0.3, -0.25) is 0 Å². The lowest BCUT2D eigenvalue weighted by Crippen LogP contribution is -2.15. The first kappa shape index (κ1) is 53.8. The summed E-state index contributed by atoms with van der Waals surface area (Å²) in [7, 11) is 8.71. The van der Waals surface area contributed by atoms with E-state index in [-0.39, 0.29) is 69.2 Å². The van der Waals surface area contributed by atoms with Crippen molar-refractivity contribution in [1.82, 2.24) is 49.5 Å². The van der Waals surface area contributed by atoms with Gasteiger partial charge in [0.2, 0.25) is 23.7 Å². The van der Waals surface area contributed by atoms with E-state index < -0.39 is 23.7 Å². The Hall–Kier alpha value is -9.94. The summed E-state index contributed by atoms with van der Waals surface area (Å²) in [6.45, 7) is 2.93. The number of benzene rings is 2. The fourth-order valence-corrected chi connectivity index (χ4v) is 7.11. The average Bonchev–Trinajstić information content (AvgIpc) is 4.04. The molecule has 0 atom stereocenters. The molecule has 6 aromatic heterocycles. The number of hydrogen-bond acceptors (Lipinski definition) is 19. The minimum Gasteiger partial charge on any atom is -0.497 e. The molecule has 6 heterocycles.